The highest BCUT2D eigenvalue weighted by Crippen LogP contribution is 2.66. The van der Waals surface area contributed by atoms with E-state index < -0.39 is 9.76 Å². The monoisotopic (exact) mass is 298 g/mol. The molecular formula is C12H17Cl3O2. The molecule has 98 valence electrons. The van der Waals surface area contributed by atoms with Crippen molar-refractivity contribution in [2.75, 3.05) is 0 Å². The summed E-state index contributed by atoms with van der Waals surface area (Å²) in [5.41, 5.74) is 0.189. The molecule has 0 saturated heterocycles. The molecular weight excluding hydrogens is 282 g/mol. The number of hydrogen-bond acceptors (Lipinski definition) is 2. The minimum atomic E-state index is -1.97. The van der Waals surface area contributed by atoms with Crippen molar-refractivity contribution < 1.29 is 9.53 Å². The lowest BCUT2D eigenvalue weighted by Crippen LogP contribution is -2.40. The second kappa shape index (κ2) is 3.91. The van der Waals surface area contributed by atoms with E-state index in [9.17, 15) is 4.79 Å². The zero-order valence-corrected chi connectivity index (χ0v) is 12.5. The van der Waals surface area contributed by atoms with Crippen LogP contribution in [-0.4, -0.2) is 15.9 Å². The smallest absolute Gasteiger partial charge is 0.358 e. The molecule has 2 saturated carbocycles. The number of rotatable bonds is 1. The lowest BCUT2D eigenvalue weighted by molar-refractivity contribution is -0.155. The predicted molar refractivity (Wildman–Crippen MR) is 69.4 cm³/mol. The lowest BCUT2D eigenvalue weighted by atomic mass is 9.70. The van der Waals surface area contributed by atoms with Crippen LogP contribution in [0.3, 0.4) is 0 Å². The Kier molecular flexibility index (Phi) is 3.17. The number of halogens is 3. The summed E-state index contributed by atoms with van der Waals surface area (Å²) in [4.78, 5) is 11.6. The molecule has 2 rings (SSSR count). The fourth-order valence-electron chi connectivity index (χ4n) is 3.50. The van der Waals surface area contributed by atoms with Crippen LogP contribution < -0.4 is 0 Å². The van der Waals surface area contributed by atoms with Crippen molar-refractivity contribution in [1.82, 2.24) is 0 Å². The van der Waals surface area contributed by atoms with Crippen LogP contribution >= 0.6 is 34.8 Å². The van der Waals surface area contributed by atoms with E-state index in [-0.39, 0.29) is 16.9 Å². The summed E-state index contributed by atoms with van der Waals surface area (Å²) in [6.45, 7) is 6.66. The summed E-state index contributed by atoms with van der Waals surface area (Å²) < 4.78 is 3.44. The molecule has 0 aromatic heterocycles. The Bertz CT molecular complexity index is 348. The van der Waals surface area contributed by atoms with Gasteiger partial charge in [-0.15, -0.1) is 0 Å². The number of carbonyl (C=O) groups is 1. The van der Waals surface area contributed by atoms with Gasteiger partial charge in [-0.3, -0.25) is 0 Å². The van der Waals surface area contributed by atoms with Gasteiger partial charge < -0.3 is 4.74 Å². The molecule has 0 N–H and O–H groups in total. The van der Waals surface area contributed by atoms with Crippen LogP contribution in [0.1, 0.15) is 40.0 Å². The first kappa shape index (κ1) is 13.8. The summed E-state index contributed by atoms with van der Waals surface area (Å²) in [5.74, 6) is -0.155. The van der Waals surface area contributed by atoms with Gasteiger partial charge in [0.25, 0.3) is 3.79 Å². The Morgan fingerprint density at radius 2 is 1.88 bits per heavy atom. The normalized spacial score (nSPS) is 39.4. The maximum absolute atomic E-state index is 11.6. The first-order valence-corrected chi connectivity index (χ1v) is 7.00. The number of ether oxygens (including phenoxy) is 1. The minimum Gasteiger partial charge on any atom is -0.459 e. The Labute approximate surface area is 117 Å². The summed E-state index contributed by atoms with van der Waals surface area (Å²) in [5, 5.41) is 0. The van der Waals surface area contributed by atoms with Crippen molar-refractivity contribution in [2.24, 2.45) is 16.7 Å². The molecule has 0 radical (unpaired) electrons. The van der Waals surface area contributed by atoms with Crippen molar-refractivity contribution >= 4 is 40.8 Å². The van der Waals surface area contributed by atoms with Gasteiger partial charge >= 0.3 is 5.97 Å². The molecule has 2 aliphatic rings. The fraction of sp³-hybridized carbons (Fsp3) is 0.917. The minimum absolute atomic E-state index is 0.00322. The first-order valence-electron chi connectivity index (χ1n) is 5.87. The Hall–Kier alpha value is 0.340. The molecule has 0 aromatic rings. The number of carbonyl (C=O) groups excluding carboxylic acids is 1. The van der Waals surface area contributed by atoms with Crippen molar-refractivity contribution in [3.8, 4) is 0 Å². The molecule has 17 heavy (non-hydrogen) atoms. The van der Waals surface area contributed by atoms with Gasteiger partial charge in [0.05, 0.1) is 0 Å². The van der Waals surface area contributed by atoms with E-state index in [0.717, 1.165) is 12.8 Å². The molecule has 3 atom stereocenters. The highest BCUT2D eigenvalue weighted by molar-refractivity contribution is 6.75. The summed E-state index contributed by atoms with van der Waals surface area (Å²) in [6.07, 6.45) is 3.03. The van der Waals surface area contributed by atoms with E-state index >= 15 is 0 Å². The molecule has 2 bridgehead atoms. The van der Waals surface area contributed by atoms with Gasteiger partial charge in [0.15, 0.2) is 0 Å². The molecule has 0 aromatic carbocycles. The average molecular weight is 300 g/mol. The third-order valence-corrected chi connectivity index (χ3v) is 5.66. The highest BCUT2D eigenvalue weighted by Gasteiger charge is 2.63. The van der Waals surface area contributed by atoms with Gasteiger partial charge in [-0.25, -0.2) is 4.79 Å². The molecule has 0 spiro atoms. The zero-order valence-electron chi connectivity index (χ0n) is 10.2. The maximum atomic E-state index is 11.6. The van der Waals surface area contributed by atoms with Crippen LogP contribution in [-0.2, 0) is 9.53 Å². The van der Waals surface area contributed by atoms with Crippen LogP contribution in [0.25, 0.3) is 0 Å². The largest absolute Gasteiger partial charge is 0.459 e. The number of fused-ring (bicyclic) bond motifs is 2. The maximum Gasteiger partial charge on any atom is 0.358 e. The highest BCUT2D eigenvalue weighted by atomic mass is 35.6. The standard InChI is InChI=1S/C12H17Cl3O2/c1-10(2)7-4-5-11(10,3)8(6-7)17-9(16)12(13,14)15/h7-8H,4-6H2,1-3H3. The van der Waals surface area contributed by atoms with Gasteiger partial charge in [-0.2, -0.15) is 0 Å². The molecule has 2 aliphatic carbocycles. The topological polar surface area (TPSA) is 26.3 Å². The molecule has 0 aliphatic heterocycles. The lowest BCUT2D eigenvalue weighted by Gasteiger charge is -2.38. The molecule has 3 unspecified atom stereocenters. The third kappa shape index (κ3) is 1.97. The van der Waals surface area contributed by atoms with Gasteiger partial charge in [-0.1, -0.05) is 55.6 Å². The summed E-state index contributed by atoms with van der Waals surface area (Å²) in [6, 6.07) is 0. The number of hydrogen-bond donors (Lipinski definition) is 0. The van der Waals surface area contributed by atoms with E-state index in [2.05, 4.69) is 20.8 Å². The molecule has 5 heteroatoms. The number of esters is 1. The molecule has 2 fully saturated rings. The van der Waals surface area contributed by atoms with E-state index in [1.165, 1.54) is 6.42 Å². The van der Waals surface area contributed by atoms with Crippen LogP contribution in [0.2, 0.25) is 0 Å². The van der Waals surface area contributed by atoms with Crippen LogP contribution in [0.15, 0.2) is 0 Å². The van der Waals surface area contributed by atoms with E-state index in [0.29, 0.717) is 5.92 Å². The predicted octanol–water partition coefficient (Wildman–Crippen LogP) is 4.11. The third-order valence-electron chi connectivity index (χ3n) is 5.19. The second-order valence-corrected chi connectivity index (χ2v) is 8.28. The van der Waals surface area contributed by atoms with Crippen LogP contribution in [0, 0.1) is 16.7 Å². The quantitative estimate of drug-likeness (QED) is 0.538. The van der Waals surface area contributed by atoms with Crippen molar-refractivity contribution in [3.05, 3.63) is 0 Å². The van der Waals surface area contributed by atoms with E-state index in [4.69, 9.17) is 39.5 Å². The molecule has 2 nitrogen and oxygen atoms in total. The van der Waals surface area contributed by atoms with Crippen molar-refractivity contribution in [3.63, 3.8) is 0 Å². The van der Waals surface area contributed by atoms with Crippen LogP contribution in [0.5, 0.6) is 0 Å². The van der Waals surface area contributed by atoms with Crippen molar-refractivity contribution in [2.45, 2.75) is 49.9 Å². The van der Waals surface area contributed by atoms with Gasteiger partial charge in [0.2, 0.25) is 0 Å². The van der Waals surface area contributed by atoms with E-state index in [1.807, 2.05) is 0 Å². The zero-order chi connectivity index (χ0) is 13.1. The second-order valence-electron chi connectivity index (χ2n) is 6.00. The SMILES string of the molecule is CC1(C)C2CCC1(C)C(OC(=O)C(Cl)(Cl)Cl)C2. The average Bonchev–Trinajstić information content (AvgIpc) is 2.49. The van der Waals surface area contributed by atoms with Gasteiger partial charge in [-0.05, 0) is 30.6 Å². The fourth-order valence-corrected chi connectivity index (χ4v) is 3.64. The van der Waals surface area contributed by atoms with E-state index in [1.54, 1.807) is 0 Å². The Morgan fingerprint density at radius 1 is 1.29 bits per heavy atom. The van der Waals surface area contributed by atoms with Crippen LogP contribution in [0.4, 0.5) is 0 Å². The Morgan fingerprint density at radius 3 is 2.24 bits per heavy atom. The molecule has 0 heterocycles. The Balaban J connectivity index is 2.14. The first-order chi connectivity index (χ1) is 7.59. The number of alkyl halides is 3. The summed E-state index contributed by atoms with van der Waals surface area (Å²) >= 11 is 16.6. The van der Waals surface area contributed by atoms with Crippen molar-refractivity contribution in [1.29, 1.82) is 0 Å². The van der Waals surface area contributed by atoms with Gasteiger partial charge in [0.1, 0.15) is 6.10 Å². The molecule has 0 amide bonds. The van der Waals surface area contributed by atoms with Gasteiger partial charge in [0, 0.05) is 5.41 Å². The summed E-state index contributed by atoms with van der Waals surface area (Å²) in [7, 11) is 0.